The van der Waals surface area contributed by atoms with E-state index in [1.54, 1.807) is 4.90 Å². The van der Waals surface area contributed by atoms with E-state index in [1.165, 1.54) is 0 Å². The third kappa shape index (κ3) is 4.54. The summed E-state index contributed by atoms with van der Waals surface area (Å²) in [5.41, 5.74) is 1.11. The van der Waals surface area contributed by atoms with Crippen LogP contribution < -0.4 is 19.7 Å². The van der Waals surface area contributed by atoms with Gasteiger partial charge in [-0.3, -0.25) is 14.4 Å². The van der Waals surface area contributed by atoms with Crippen LogP contribution in [0.15, 0.2) is 48.5 Å². The molecule has 0 bridgehead atoms. The Kier molecular flexibility index (Phi) is 6.59. The number of piperidine rings is 1. The smallest absolute Gasteiger partial charge is 0.250 e. The molecule has 6 rings (SSSR count). The van der Waals surface area contributed by atoms with Crippen LogP contribution in [-0.2, 0) is 20.9 Å². The number of carbonyl (C=O) groups excluding carboxylic acids is 3. The summed E-state index contributed by atoms with van der Waals surface area (Å²) in [5, 5.41) is 2.94. The lowest BCUT2D eigenvalue weighted by Crippen LogP contribution is -2.58. The van der Waals surface area contributed by atoms with Crippen LogP contribution in [-0.4, -0.2) is 66.2 Å². The van der Waals surface area contributed by atoms with Crippen LogP contribution in [0.1, 0.15) is 44.1 Å². The lowest BCUT2D eigenvalue weighted by molar-refractivity contribution is -0.141. The Balaban J connectivity index is 1.13. The van der Waals surface area contributed by atoms with Gasteiger partial charge in [0, 0.05) is 31.2 Å². The molecule has 1 N–H and O–H groups in total. The number of nitrogens with zero attached hydrogens (tertiary/aromatic N) is 3. The lowest BCUT2D eigenvalue weighted by atomic mass is 9.85. The molecule has 3 heterocycles. The second-order valence-electron chi connectivity index (χ2n) is 10.7. The van der Waals surface area contributed by atoms with E-state index < -0.39 is 5.54 Å². The zero-order chi connectivity index (χ0) is 26.1. The van der Waals surface area contributed by atoms with Crippen LogP contribution in [0.25, 0.3) is 0 Å². The molecular formula is C29H34N4O5. The molecule has 2 saturated heterocycles. The molecule has 0 unspecified atom stereocenters. The number of para-hydroxylation sites is 1. The number of rotatable bonds is 6. The summed E-state index contributed by atoms with van der Waals surface area (Å²) in [4.78, 5) is 45.6. The largest absolute Gasteiger partial charge is 0.454 e. The van der Waals surface area contributed by atoms with Crippen molar-refractivity contribution in [1.82, 2.24) is 15.1 Å². The molecule has 2 aromatic carbocycles. The molecule has 200 valence electrons. The Morgan fingerprint density at radius 2 is 1.71 bits per heavy atom. The zero-order valence-electron chi connectivity index (χ0n) is 21.6. The third-order valence-electron chi connectivity index (χ3n) is 8.45. The molecule has 3 amide bonds. The molecule has 0 radical (unpaired) electrons. The summed E-state index contributed by atoms with van der Waals surface area (Å²) >= 11 is 0. The van der Waals surface area contributed by atoms with Crippen LogP contribution in [0.4, 0.5) is 5.69 Å². The van der Waals surface area contributed by atoms with Crippen LogP contribution in [0.3, 0.4) is 0 Å². The maximum atomic E-state index is 13.9. The number of hydrogen-bond acceptors (Lipinski definition) is 6. The fourth-order valence-electron chi connectivity index (χ4n) is 6.33. The molecule has 3 fully saturated rings. The maximum absolute atomic E-state index is 13.9. The topological polar surface area (TPSA) is 91.4 Å². The van der Waals surface area contributed by atoms with Crippen molar-refractivity contribution in [3.8, 4) is 11.5 Å². The van der Waals surface area contributed by atoms with Gasteiger partial charge < -0.3 is 29.5 Å². The van der Waals surface area contributed by atoms with Gasteiger partial charge in [-0.2, -0.15) is 0 Å². The van der Waals surface area contributed by atoms with Crippen molar-refractivity contribution >= 4 is 23.4 Å². The molecule has 38 heavy (non-hydrogen) atoms. The molecule has 9 heteroatoms. The zero-order valence-corrected chi connectivity index (χ0v) is 21.6. The number of benzene rings is 2. The van der Waals surface area contributed by atoms with E-state index in [1.807, 2.05) is 53.4 Å². The quantitative estimate of drug-likeness (QED) is 0.633. The average molecular weight is 519 g/mol. The minimum atomic E-state index is -0.745. The first-order chi connectivity index (χ1) is 18.5. The van der Waals surface area contributed by atoms with Crippen LogP contribution in [0.5, 0.6) is 11.5 Å². The van der Waals surface area contributed by atoms with Crippen molar-refractivity contribution < 1.29 is 23.9 Å². The predicted molar refractivity (Wildman–Crippen MR) is 140 cm³/mol. The molecule has 1 saturated carbocycles. The summed E-state index contributed by atoms with van der Waals surface area (Å²) in [7, 11) is 0. The first-order valence-corrected chi connectivity index (χ1v) is 13.6. The lowest BCUT2D eigenvalue weighted by Gasteiger charge is -2.43. The maximum Gasteiger partial charge on any atom is 0.250 e. The Bertz CT molecular complexity index is 1200. The molecule has 4 aliphatic rings. The van der Waals surface area contributed by atoms with Gasteiger partial charge in [-0.15, -0.1) is 0 Å². The average Bonchev–Trinajstić information content (AvgIpc) is 3.70. The van der Waals surface area contributed by atoms with Crippen molar-refractivity contribution in [3.05, 3.63) is 54.1 Å². The highest BCUT2D eigenvalue weighted by Crippen LogP contribution is 2.40. The fraction of sp³-hybridized carbons (Fsp3) is 0.483. The van der Waals surface area contributed by atoms with E-state index in [9.17, 15) is 14.4 Å². The van der Waals surface area contributed by atoms with E-state index in [4.69, 9.17) is 9.47 Å². The fourth-order valence-corrected chi connectivity index (χ4v) is 6.33. The first-order valence-electron chi connectivity index (χ1n) is 13.6. The highest BCUT2D eigenvalue weighted by molar-refractivity contribution is 5.96. The van der Waals surface area contributed by atoms with Crippen LogP contribution in [0.2, 0.25) is 0 Å². The number of nitrogens with one attached hydrogen (secondary N) is 1. The number of amides is 3. The second-order valence-corrected chi connectivity index (χ2v) is 10.7. The van der Waals surface area contributed by atoms with Gasteiger partial charge in [0.05, 0.1) is 6.67 Å². The number of carbonyl (C=O) groups is 3. The normalized spacial score (nSPS) is 20.4. The van der Waals surface area contributed by atoms with Crippen molar-refractivity contribution in [3.63, 3.8) is 0 Å². The summed E-state index contributed by atoms with van der Waals surface area (Å²) in [6.07, 6.45) is 5.33. The number of hydrogen-bond donors (Lipinski definition) is 1. The van der Waals surface area contributed by atoms with E-state index in [2.05, 4.69) is 10.2 Å². The molecule has 3 aliphatic heterocycles. The first kappa shape index (κ1) is 24.6. The van der Waals surface area contributed by atoms with Crippen LogP contribution in [0, 0.1) is 5.92 Å². The molecular weight excluding hydrogens is 484 g/mol. The second kappa shape index (κ2) is 10.2. The molecule has 2 aromatic rings. The van der Waals surface area contributed by atoms with Gasteiger partial charge in [0.25, 0.3) is 5.91 Å². The summed E-state index contributed by atoms with van der Waals surface area (Å²) < 4.78 is 10.8. The molecule has 1 aliphatic carbocycles. The highest BCUT2D eigenvalue weighted by atomic mass is 16.7. The Hall–Kier alpha value is -3.75. The molecule has 0 aromatic heterocycles. The van der Waals surface area contributed by atoms with Gasteiger partial charge in [-0.25, -0.2) is 0 Å². The number of ether oxygens (including phenoxy) is 2. The van der Waals surface area contributed by atoms with Crippen molar-refractivity contribution in [1.29, 1.82) is 0 Å². The monoisotopic (exact) mass is 518 g/mol. The van der Waals surface area contributed by atoms with E-state index in [0.717, 1.165) is 36.9 Å². The summed E-state index contributed by atoms with van der Waals surface area (Å²) in [6, 6.07) is 15.5. The summed E-state index contributed by atoms with van der Waals surface area (Å²) in [5.74, 6) is 1.50. The minimum Gasteiger partial charge on any atom is -0.454 e. The minimum absolute atomic E-state index is 0.0147. The van der Waals surface area contributed by atoms with Crippen molar-refractivity contribution in [2.45, 2.75) is 50.6 Å². The van der Waals surface area contributed by atoms with Gasteiger partial charge in [-0.05, 0) is 55.5 Å². The van der Waals surface area contributed by atoms with Gasteiger partial charge in [0.2, 0.25) is 18.6 Å². The Morgan fingerprint density at radius 1 is 0.974 bits per heavy atom. The Morgan fingerprint density at radius 3 is 2.47 bits per heavy atom. The standard InChI is InChI=1S/C29H34N4O5/c34-26(30-17-21-10-11-24-25(16-21)38-20-37-24)18-32-19-33(23-8-2-1-3-9-23)29(28(32)36)12-14-31(15-13-29)27(35)22-6-4-5-7-22/h1-3,8-11,16,22H,4-7,12-15,17-20H2,(H,30,34). The molecule has 9 nitrogen and oxygen atoms in total. The van der Waals surface area contributed by atoms with Crippen molar-refractivity contribution in [2.75, 3.05) is 38.0 Å². The third-order valence-corrected chi connectivity index (χ3v) is 8.45. The van der Waals surface area contributed by atoms with Gasteiger partial charge in [-0.1, -0.05) is 37.1 Å². The summed E-state index contributed by atoms with van der Waals surface area (Å²) in [6.45, 7) is 2.00. The van der Waals surface area contributed by atoms with Crippen molar-refractivity contribution in [2.24, 2.45) is 5.92 Å². The SMILES string of the molecule is O=C(CN1CN(c2ccccc2)C2(CCN(C(=O)C3CCCC3)CC2)C1=O)NCc1ccc2c(c1)OCO2. The van der Waals surface area contributed by atoms with E-state index in [0.29, 0.717) is 50.6 Å². The van der Waals surface area contributed by atoms with Gasteiger partial charge in [0.1, 0.15) is 12.1 Å². The predicted octanol–water partition coefficient (Wildman–Crippen LogP) is 2.89. The molecule has 1 spiro atoms. The van der Waals surface area contributed by atoms with Crippen LogP contribution >= 0.6 is 0 Å². The highest BCUT2D eigenvalue weighted by Gasteiger charge is 2.54. The molecule has 0 atom stereocenters. The van der Waals surface area contributed by atoms with Gasteiger partial charge >= 0.3 is 0 Å². The number of likely N-dealkylation sites (tertiary alicyclic amines) is 1. The van der Waals surface area contributed by atoms with Gasteiger partial charge in [0.15, 0.2) is 11.5 Å². The number of anilines is 1. The number of fused-ring (bicyclic) bond motifs is 1. The van der Waals surface area contributed by atoms with E-state index in [-0.39, 0.29) is 37.0 Å². The Labute approximate surface area is 222 Å². The van der Waals surface area contributed by atoms with E-state index >= 15 is 0 Å².